The monoisotopic (exact) mass is 279 g/mol. The smallest absolute Gasteiger partial charge is 0.340 e. The van der Waals surface area contributed by atoms with Crippen LogP contribution in [0.4, 0.5) is 0 Å². The second kappa shape index (κ2) is 5.58. The van der Waals surface area contributed by atoms with Crippen LogP contribution in [-0.2, 0) is 4.74 Å². The summed E-state index contributed by atoms with van der Waals surface area (Å²) in [5, 5.41) is 8.06. The lowest BCUT2D eigenvalue weighted by molar-refractivity contribution is 0.0600. The van der Waals surface area contributed by atoms with E-state index in [2.05, 4.69) is 10.3 Å². The van der Waals surface area contributed by atoms with Gasteiger partial charge >= 0.3 is 5.97 Å². The third-order valence-electron chi connectivity index (χ3n) is 3.16. The fourth-order valence-corrected chi connectivity index (χ4v) is 2.16. The number of aromatic nitrogens is 3. The van der Waals surface area contributed by atoms with Crippen molar-refractivity contribution in [2.75, 3.05) is 7.11 Å². The first-order chi connectivity index (χ1) is 10.3. The second-order valence-corrected chi connectivity index (χ2v) is 4.41. The molecular weight excluding hydrogens is 266 g/mol. The third kappa shape index (κ3) is 2.41. The molecule has 0 aliphatic heterocycles. The summed E-state index contributed by atoms with van der Waals surface area (Å²) in [7, 11) is 1.36. The van der Waals surface area contributed by atoms with Crippen molar-refractivity contribution < 1.29 is 9.53 Å². The SMILES string of the molecule is COC(=O)c1ccccc1-n1nncc1-c1ccccc1. The van der Waals surface area contributed by atoms with Gasteiger partial charge in [-0.2, -0.15) is 0 Å². The minimum atomic E-state index is -0.403. The van der Waals surface area contributed by atoms with Gasteiger partial charge in [0.05, 0.1) is 30.3 Å². The lowest BCUT2D eigenvalue weighted by Crippen LogP contribution is -2.09. The molecule has 1 heterocycles. The van der Waals surface area contributed by atoms with Crippen molar-refractivity contribution in [2.45, 2.75) is 0 Å². The molecule has 0 bridgehead atoms. The molecule has 0 atom stereocenters. The van der Waals surface area contributed by atoms with Gasteiger partial charge in [0.15, 0.2) is 0 Å². The zero-order valence-electron chi connectivity index (χ0n) is 11.4. The van der Waals surface area contributed by atoms with Gasteiger partial charge in [-0.25, -0.2) is 9.48 Å². The van der Waals surface area contributed by atoms with Crippen molar-refractivity contribution >= 4 is 5.97 Å². The molecule has 0 amide bonds. The van der Waals surface area contributed by atoms with E-state index in [1.165, 1.54) is 7.11 Å². The number of ether oxygens (including phenoxy) is 1. The first-order valence-electron chi connectivity index (χ1n) is 6.45. The van der Waals surface area contributed by atoms with Crippen LogP contribution in [0.15, 0.2) is 60.8 Å². The van der Waals surface area contributed by atoms with Crippen molar-refractivity contribution in [3.63, 3.8) is 0 Å². The van der Waals surface area contributed by atoms with Crippen molar-refractivity contribution in [1.29, 1.82) is 0 Å². The predicted octanol–water partition coefficient (Wildman–Crippen LogP) is 2.72. The molecule has 21 heavy (non-hydrogen) atoms. The zero-order valence-corrected chi connectivity index (χ0v) is 11.4. The highest BCUT2D eigenvalue weighted by Crippen LogP contribution is 2.23. The number of hydrogen-bond acceptors (Lipinski definition) is 4. The lowest BCUT2D eigenvalue weighted by atomic mass is 10.1. The van der Waals surface area contributed by atoms with E-state index >= 15 is 0 Å². The number of carbonyl (C=O) groups is 1. The number of para-hydroxylation sites is 1. The molecule has 5 nitrogen and oxygen atoms in total. The largest absolute Gasteiger partial charge is 0.465 e. The maximum absolute atomic E-state index is 11.9. The normalized spacial score (nSPS) is 10.3. The van der Waals surface area contributed by atoms with Crippen LogP contribution >= 0.6 is 0 Å². The maximum atomic E-state index is 11.9. The Morgan fingerprint density at radius 2 is 1.76 bits per heavy atom. The Morgan fingerprint density at radius 1 is 1.05 bits per heavy atom. The minimum Gasteiger partial charge on any atom is -0.465 e. The number of methoxy groups -OCH3 is 1. The summed E-state index contributed by atoms with van der Waals surface area (Å²) in [5.74, 6) is -0.403. The summed E-state index contributed by atoms with van der Waals surface area (Å²) in [4.78, 5) is 11.9. The summed E-state index contributed by atoms with van der Waals surface area (Å²) in [6.07, 6.45) is 1.67. The van der Waals surface area contributed by atoms with E-state index in [4.69, 9.17) is 4.74 Å². The average Bonchev–Trinajstić information content (AvgIpc) is 3.04. The lowest BCUT2D eigenvalue weighted by Gasteiger charge is -2.10. The number of benzene rings is 2. The van der Waals surface area contributed by atoms with Gasteiger partial charge in [0.2, 0.25) is 0 Å². The highest BCUT2D eigenvalue weighted by molar-refractivity contribution is 5.93. The Kier molecular flexibility index (Phi) is 3.47. The molecule has 0 saturated heterocycles. The van der Waals surface area contributed by atoms with Gasteiger partial charge < -0.3 is 4.74 Å². The Hall–Kier alpha value is -2.95. The Bertz CT molecular complexity index is 766. The number of nitrogens with zero attached hydrogens (tertiary/aromatic N) is 3. The van der Waals surface area contributed by atoms with Gasteiger partial charge in [-0.3, -0.25) is 0 Å². The molecule has 0 radical (unpaired) electrons. The average molecular weight is 279 g/mol. The number of hydrogen-bond donors (Lipinski definition) is 0. The molecule has 0 aliphatic rings. The van der Waals surface area contributed by atoms with E-state index < -0.39 is 5.97 Å². The first-order valence-corrected chi connectivity index (χ1v) is 6.45. The van der Waals surface area contributed by atoms with Crippen LogP contribution in [0.3, 0.4) is 0 Å². The first kappa shape index (κ1) is 13.1. The van der Waals surface area contributed by atoms with Crippen LogP contribution in [0.2, 0.25) is 0 Å². The summed E-state index contributed by atoms with van der Waals surface area (Å²) < 4.78 is 6.46. The van der Waals surface area contributed by atoms with Gasteiger partial charge in [-0.15, -0.1) is 5.10 Å². The summed E-state index contributed by atoms with van der Waals surface area (Å²) in [6.45, 7) is 0. The van der Waals surface area contributed by atoms with Crippen LogP contribution in [0.1, 0.15) is 10.4 Å². The van der Waals surface area contributed by atoms with Gasteiger partial charge in [-0.1, -0.05) is 47.7 Å². The summed E-state index contributed by atoms with van der Waals surface area (Å²) >= 11 is 0. The van der Waals surface area contributed by atoms with E-state index in [-0.39, 0.29) is 0 Å². The van der Waals surface area contributed by atoms with Crippen molar-refractivity contribution in [3.05, 3.63) is 66.4 Å². The molecule has 5 heteroatoms. The molecule has 0 N–H and O–H groups in total. The molecule has 0 saturated carbocycles. The number of carbonyl (C=O) groups excluding carboxylic acids is 1. The van der Waals surface area contributed by atoms with Gasteiger partial charge in [0.25, 0.3) is 0 Å². The van der Waals surface area contributed by atoms with E-state index in [0.29, 0.717) is 11.3 Å². The van der Waals surface area contributed by atoms with Gasteiger partial charge in [0, 0.05) is 5.56 Å². The van der Waals surface area contributed by atoms with Crippen LogP contribution in [0.25, 0.3) is 16.9 Å². The third-order valence-corrected chi connectivity index (χ3v) is 3.16. The standard InChI is InChI=1S/C16H13N3O2/c1-21-16(20)13-9-5-6-10-14(13)19-15(11-17-18-19)12-7-3-2-4-8-12/h2-11H,1H3. The highest BCUT2D eigenvalue weighted by atomic mass is 16.5. The molecule has 0 aliphatic carbocycles. The van der Waals surface area contributed by atoms with Crippen molar-refractivity contribution in [1.82, 2.24) is 15.0 Å². The molecule has 3 rings (SSSR count). The Morgan fingerprint density at radius 3 is 2.52 bits per heavy atom. The van der Waals surface area contributed by atoms with Gasteiger partial charge in [-0.05, 0) is 12.1 Å². The minimum absolute atomic E-state index is 0.403. The molecule has 3 aromatic rings. The summed E-state index contributed by atoms with van der Waals surface area (Å²) in [5.41, 5.74) is 2.87. The predicted molar refractivity (Wildman–Crippen MR) is 78.1 cm³/mol. The Balaban J connectivity index is 2.16. The van der Waals surface area contributed by atoms with E-state index in [1.807, 2.05) is 42.5 Å². The molecular formula is C16H13N3O2. The molecule has 0 spiro atoms. The zero-order chi connectivity index (χ0) is 14.7. The quantitative estimate of drug-likeness (QED) is 0.692. The highest BCUT2D eigenvalue weighted by Gasteiger charge is 2.16. The number of esters is 1. The molecule has 1 aromatic heterocycles. The fourth-order valence-electron chi connectivity index (χ4n) is 2.16. The van der Waals surface area contributed by atoms with Crippen LogP contribution in [-0.4, -0.2) is 28.1 Å². The van der Waals surface area contributed by atoms with Crippen LogP contribution < -0.4 is 0 Å². The molecule has 0 unspecified atom stereocenters. The van der Waals surface area contributed by atoms with Crippen molar-refractivity contribution in [3.8, 4) is 16.9 Å². The maximum Gasteiger partial charge on any atom is 0.340 e. The van der Waals surface area contributed by atoms with Crippen LogP contribution in [0, 0.1) is 0 Å². The van der Waals surface area contributed by atoms with Crippen LogP contribution in [0.5, 0.6) is 0 Å². The van der Waals surface area contributed by atoms with Gasteiger partial charge in [0.1, 0.15) is 0 Å². The fraction of sp³-hybridized carbons (Fsp3) is 0.0625. The molecule has 104 valence electrons. The summed E-state index contributed by atoms with van der Waals surface area (Å²) in [6, 6.07) is 16.9. The van der Waals surface area contributed by atoms with E-state index in [9.17, 15) is 4.79 Å². The number of rotatable bonds is 3. The van der Waals surface area contributed by atoms with E-state index in [0.717, 1.165) is 11.3 Å². The van der Waals surface area contributed by atoms with Crippen molar-refractivity contribution in [2.24, 2.45) is 0 Å². The molecule has 0 fully saturated rings. The topological polar surface area (TPSA) is 57.0 Å². The second-order valence-electron chi connectivity index (χ2n) is 4.41. The molecule has 2 aromatic carbocycles. The Labute approximate surface area is 121 Å². The van der Waals surface area contributed by atoms with E-state index in [1.54, 1.807) is 23.0 Å².